The Morgan fingerprint density at radius 3 is 2.50 bits per heavy atom. The van der Waals surface area contributed by atoms with Crippen LogP contribution in [0.3, 0.4) is 0 Å². The van der Waals surface area contributed by atoms with Gasteiger partial charge in [0, 0.05) is 12.8 Å². The van der Waals surface area contributed by atoms with Crippen LogP contribution in [-0.4, -0.2) is 31.7 Å². The van der Waals surface area contributed by atoms with Gasteiger partial charge in [0.1, 0.15) is 5.82 Å². The number of halogens is 1. The molecule has 0 aliphatic carbocycles. The molecule has 1 aliphatic rings. The van der Waals surface area contributed by atoms with Crippen LogP contribution in [0.25, 0.3) is 0 Å². The normalized spacial score (nSPS) is 17.3. The molecule has 2 atom stereocenters. The predicted molar refractivity (Wildman–Crippen MR) is 117 cm³/mol. The van der Waals surface area contributed by atoms with Gasteiger partial charge in [-0.1, -0.05) is 42.0 Å². The number of fused-ring (bicyclic) bond motifs is 1. The van der Waals surface area contributed by atoms with Crippen LogP contribution in [0.1, 0.15) is 54.5 Å². The summed E-state index contributed by atoms with van der Waals surface area (Å²) in [6, 6.07) is 14.3. The lowest BCUT2D eigenvalue weighted by molar-refractivity contribution is -0.137. The lowest BCUT2D eigenvalue weighted by Crippen LogP contribution is -2.28. The Hall–Kier alpha value is -3.75. The van der Waals surface area contributed by atoms with E-state index in [1.54, 1.807) is 16.8 Å². The number of anilines is 2. The van der Waals surface area contributed by atoms with Gasteiger partial charge in [0.2, 0.25) is 11.9 Å². The zero-order valence-electron chi connectivity index (χ0n) is 17.6. The minimum Gasteiger partial charge on any atom is -0.481 e. The third-order valence-electron chi connectivity index (χ3n) is 5.47. The van der Waals surface area contributed by atoms with Crippen molar-refractivity contribution in [2.75, 3.05) is 10.6 Å². The van der Waals surface area contributed by atoms with E-state index in [2.05, 4.69) is 32.8 Å². The van der Waals surface area contributed by atoms with E-state index >= 15 is 0 Å². The van der Waals surface area contributed by atoms with E-state index in [1.165, 1.54) is 12.1 Å². The fourth-order valence-corrected chi connectivity index (χ4v) is 3.80. The number of hydrogen-bond donors (Lipinski definition) is 3. The molecule has 166 valence electrons. The Morgan fingerprint density at radius 2 is 1.81 bits per heavy atom. The first-order valence-corrected chi connectivity index (χ1v) is 10.5. The van der Waals surface area contributed by atoms with E-state index in [0.29, 0.717) is 12.4 Å². The number of carboxylic acids is 1. The highest BCUT2D eigenvalue weighted by Crippen LogP contribution is 2.38. The fraction of sp³-hybridized carbons (Fsp3) is 0.304. The molecular formula is C23H24FN5O3. The van der Waals surface area contributed by atoms with Crippen molar-refractivity contribution in [1.82, 2.24) is 14.8 Å². The third kappa shape index (κ3) is 4.93. The average molecular weight is 437 g/mol. The highest BCUT2D eigenvalue weighted by Gasteiger charge is 2.31. The van der Waals surface area contributed by atoms with E-state index < -0.39 is 5.97 Å². The summed E-state index contributed by atoms with van der Waals surface area (Å²) in [4.78, 5) is 27.2. The van der Waals surface area contributed by atoms with Crippen molar-refractivity contribution in [2.24, 2.45) is 0 Å². The molecule has 4 rings (SSSR count). The number of nitrogens with zero attached hydrogens (tertiary/aromatic N) is 3. The van der Waals surface area contributed by atoms with Crippen molar-refractivity contribution >= 4 is 23.8 Å². The highest BCUT2D eigenvalue weighted by molar-refractivity contribution is 5.89. The zero-order valence-corrected chi connectivity index (χ0v) is 17.6. The summed E-state index contributed by atoms with van der Waals surface area (Å²) in [5.41, 5.74) is 3.14. The Labute approximate surface area is 184 Å². The van der Waals surface area contributed by atoms with Gasteiger partial charge in [0.15, 0.2) is 0 Å². The van der Waals surface area contributed by atoms with Gasteiger partial charge in [0.05, 0.1) is 12.1 Å². The molecule has 0 bridgehead atoms. The van der Waals surface area contributed by atoms with E-state index in [0.717, 1.165) is 16.7 Å². The Morgan fingerprint density at radius 1 is 1.12 bits per heavy atom. The smallest absolute Gasteiger partial charge is 0.303 e. The van der Waals surface area contributed by atoms with Crippen molar-refractivity contribution in [3.63, 3.8) is 0 Å². The average Bonchev–Trinajstić information content (AvgIpc) is 3.16. The largest absolute Gasteiger partial charge is 0.481 e. The van der Waals surface area contributed by atoms with E-state index in [-0.39, 0.29) is 49.0 Å². The van der Waals surface area contributed by atoms with Crippen LogP contribution < -0.4 is 10.6 Å². The van der Waals surface area contributed by atoms with Crippen LogP contribution in [0.5, 0.6) is 0 Å². The second-order valence-corrected chi connectivity index (χ2v) is 7.91. The van der Waals surface area contributed by atoms with E-state index in [4.69, 9.17) is 5.11 Å². The molecule has 1 aliphatic heterocycles. The molecule has 0 fully saturated rings. The molecule has 0 unspecified atom stereocenters. The molecule has 0 saturated carbocycles. The van der Waals surface area contributed by atoms with Gasteiger partial charge in [-0.15, -0.1) is 5.10 Å². The van der Waals surface area contributed by atoms with Crippen LogP contribution in [-0.2, 0) is 9.59 Å². The van der Waals surface area contributed by atoms with Crippen LogP contribution in [0.4, 0.5) is 16.3 Å². The van der Waals surface area contributed by atoms with Gasteiger partial charge < -0.3 is 10.4 Å². The molecule has 0 saturated heterocycles. The number of rotatable bonds is 7. The molecule has 3 N–H and O–H groups in total. The van der Waals surface area contributed by atoms with E-state index in [9.17, 15) is 14.0 Å². The number of aliphatic carboxylic acids is 1. The fourth-order valence-electron chi connectivity index (χ4n) is 3.80. The Kier molecular flexibility index (Phi) is 6.16. The number of aromatic nitrogens is 3. The first kappa shape index (κ1) is 21.5. The number of carboxylic acid groups (broad SMARTS) is 1. The molecule has 32 heavy (non-hydrogen) atoms. The molecule has 1 aromatic heterocycles. The number of carbonyl (C=O) groups excluding carboxylic acids is 1. The number of benzene rings is 2. The van der Waals surface area contributed by atoms with Crippen molar-refractivity contribution < 1.29 is 19.1 Å². The molecule has 0 radical (unpaired) electrons. The van der Waals surface area contributed by atoms with Crippen LogP contribution in [0.2, 0.25) is 0 Å². The molecule has 2 heterocycles. The number of amides is 1. The second-order valence-electron chi connectivity index (χ2n) is 7.91. The molecule has 1 amide bonds. The summed E-state index contributed by atoms with van der Waals surface area (Å²) in [5.74, 6) is -0.961. The van der Waals surface area contributed by atoms with Gasteiger partial charge in [-0.25, -0.2) is 9.07 Å². The van der Waals surface area contributed by atoms with Crippen molar-refractivity contribution in [2.45, 2.75) is 44.7 Å². The quantitative estimate of drug-likeness (QED) is 0.514. The van der Waals surface area contributed by atoms with Crippen molar-refractivity contribution in [3.05, 3.63) is 71.0 Å². The first-order chi connectivity index (χ1) is 15.4. The molecule has 2 aromatic carbocycles. The first-order valence-electron chi connectivity index (χ1n) is 10.5. The van der Waals surface area contributed by atoms with Crippen LogP contribution in [0.15, 0.2) is 48.5 Å². The highest BCUT2D eigenvalue weighted by atomic mass is 19.1. The van der Waals surface area contributed by atoms with Gasteiger partial charge in [-0.05, 0) is 43.0 Å². The standard InChI is InChI=1S/C23H24FN5O3/c1-14-5-7-15(8-6-14)18-13-19(16-9-11-17(24)12-10-16)29-23(25-18)27-22(28-29)26-20(30)3-2-4-21(31)32/h5-12,18-19H,2-4,13H2,1H3,(H,31,32)(H2,25,26,27,28,30)/t18-,19-/m0/s1. The van der Waals surface area contributed by atoms with Gasteiger partial charge in [-0.2, -0.15) is 4.98 Å². The summed E-state index contributed by atoms with van der Waals surface area (Å²) in [6.07, 6.45) is 0.891. The number of nitrogens with one attached hydrogen (secondary N) is 2. The van der Waals surface area contributed by atoms with Crippen molar-refractivity contribution in [3.8, 4) is 0 Å². The van der Waals surface area contributed by atoms with Crippen molar-refractivity contribution in [1.29, 1.82) is 0 Å². The second kappa shape index (κ2) is 9.17. The van der Waals surface area contributed by atoms with Gasteiger partial charge >= 0.3 is 5.97 Å². The lowest BCUT2D eigenvalue weighted by Gasteiger charge is -2.31. The van der Waals surface area contributed by atoms with Gasteiger partial charge in [-0.3, -0.25) is 14.9 Å². The Bertz CT molecular complexity index is 1110. The summed E-state index contributed by atoms with van der Waals surface area (Å²) < 4.78 is 15.2. The number of carbonyl (C=O) groups is 2. The maximum atomic E-state index is 13.5. The topological polar surface area (TPSA) is 109 Å². The molecule has 8 nitrogen and oxygen atoms in total. The molecule has 9 heteroatoms. The summed E-state index contributed by atoms with van der Waals surface area (Å²) in [6.45, 7) is 2.03. The van der Waals surface area contributed by atoms with Gasteiger partial charge in [0.25, 0.3) is 5.95 Å². The SMILES string of the molecule is Cc1ccc([C@@H]2C[C@@H](c3ccc(F)cc3)n3nc(NC(=O)CCCC(=O)O)nc3N2)cc1. The maximum absolute atomic E-state index is 13.5. The summed E-state index contributed by atoms with van der Waals surface area (Å²) in [5, 5.41) is 19.2. The molecule has 3 aromatic rings. The zero-order chi connectivity index (χ0) is 22.7. The number of aryl methyl sites for hydroxylation is 1. The third-order valence-corrected chi connectivity index (χ3v) is 5.47. The maximum Gasteiger partial charge on any atom is 0.303 e. The van der Waals surface area contributed by atoms with Crippen LogP contribution >= 0.6 is 0 Å². The molecular weight excluding hydrogens is 413 g/mol. The summed E-state index contributed by atoms with van der Waals surface area (Å²) in [7, 11) is 0. The lowest BCUT2D eigenvalue weighted by atomic mass is 9.93. The predicted octanol–water partition coefficient (Wildman–Crippen LogP) is 4.07. The monoisotopic (exact) mass is 437 g/mol. The Balaban J connectivity index is 1.59. The minimum absolute atomic E-state index is 0.0403. The van der Waals surface area contributed by atoms with Crippen LogP contribution in [0, 0.1) is 12.7 Å². The van der Waals surface area contributed by atoms with E-state index in [1.807, 2.05) is 19.1 Å². The molecule has 0 spiro atoms. The number of hydrogen-bond acceptors (Lipinski definition) is 5. The minimum atomic E-state index is -0.943. The summed E-state index contributed by atoms with van der Waals surface area (Å²) >= 11 is 0.